The maximum absolute atomic E-state index is 11.5. The molecule has 3 N–H and O–H groups in total. The van der Waals surface area contributed by atoms with Crippen LogP contribution in [0.4, 0.5) is 4.79 Å². The van der Waals surface area contributed by atoms with Gasteiger partial charge in [0.1, 0.15) is 0 Å². The van der Waals surface area contributed by atoms with Crippen LogP contribution in [0.15, 0.2) is 4.99 Å². The topological polar surface area (TPSA) is 86.2 Å². The molecule has 7 nitrogen and oxygen atoms in total. The van der Waals surface area contributed by atoms with E-state index in [0.29, 0.717) is 19.6 Å². The third-order valence-corrected chi connectivity index (χ3v) is 4.43. The van der Waals surface area contributed by atoms with Crippen molar-refractivity contribution >= 4 is 36.0 Å². The van der Waals surface area contributed by atoms with E-state index in [0.717, 1.165) is 44.6 Å². The second kappa shape index (κ2) is 9.51. The summed E-state index contributed by atoms with van der Waals surface area (Å²) in [5, 5.41) is 16.8. The van der Waals surface area contributed by atoms with Gasteiger partial charge in [-0.05, 0) is 39.0 Å². The fraction of sp³-hybridized carbons (Fsp3) is 0.867. The molecule has 0 atom stereocenters. The number of nitrogens with one attached hydrogen (secondary N) is 2. The normalized spacial score (nSPS) is 21.0. The zero-order valence-corrected chi connectivity index (χ0v) is 16.3. The summed E-state index contributed by atoms with van der Waals surface area (Å²) in [5.41, 5.74) is -0.601. The summed E-state index contributed by atoms with van der Waals surface area (Å²) in [6, 6.07) is 0.287. The summed E-state index contributed by atoms with van der Waals surface area (Å²) in [7, 11) is 1.41. The van der Waals surface area contributed by atoms with Gasteiger partial charge in [0, 0.05) is 25.7 Å². The average Bonchev–Trinajstić information content (AvgIpc) is 2.51. The first-order valence-electron chi connectivity index (χ1n) is 8.16. The van der Waals surface area contributed by atoms with Crippen LogP contribution in [-0.4, -0.2) is 67.0 Å². The first-order valence-corrected chi connectivity index (χ1v) is 8.16. The van der Waals surface area contributed by atoms with Crippen molar-refractivity contribution in [3.63, 3.8) is 0 Å². The minimum atomic E-state index is -0.601. The molecule has 0 bridgehead atoms. The molecule has 1 saturated carbocycles. The second-order valence-electron chi connectivity index (χ2n) is 6.15. The number of amides is 1. The molecule has 1 aliphatic carbocycles. The minimum absolute atomic E-state index is 0. The van der Waals surface area contributed by atoms with Crippen LogP contribution in [0, 0.1) is 0 Å². The molecule has 1 amide bonds. The lowest BCUT2D eigenvalue weighted by molar-refractivity contribution is -0.0236. The summed E-state index contributed by atoms with van der Waals surface area (Å²) >= 11 is 0. The maximum Gasteiger partial charge on any atom is 0.409 e. The van der Waals surface area contributed by atoms with Gasteiger partial charge >= 0.3 is 6.09 Å². The molecule has 2 rings (SSSR count). The number of aliphatic hydroxyl groups is 1. The molecule has 0 aromatic carbocycles. The molecule has 23 heavy (non-hydrogen) atoms. The smallest absolute Gasteiger partial charge is 0.409 e. The fourth-order valence-electron chi connectivity index (χ4n) is 2.82. The van der Waals surface area contributed by atoms with Gasteiger partial charge in [-0.1, -0.05) is 0 Å². The molecule has 134 valence electrons. The van der Waals surface area contributed by atoms with E-state index >= 15 is 0 Å². The zero-order chi connectivity index (χ0) is 16.0. The van der Waals surface area contributed by atoms with Crippen LogP contribution in [0.5, 0.6) is 0 Å². The van der Waals surface area contributed by atoms with Crippen LogP contribution < -0.4 is 10.6 Å². The number of halogens is 1. The van der Waals surface area contributed by atoms with Crippen molar-refractivity contribution < 1.29 is 14.6 Å². The van der Waals surface area contributed by atoms with Gasteiger partial charge in [0.05, 0.1) is 19.3 Å². The maximum atomic E-state index is 11.5. The van der Waals surface area contributed by atoms with E-state index < -0.39 is 5.60 Å². The predicted octanol–water partition coefficient (Wildman–Crippen LogP) is 1.31. The number of hydrogen-bond donors (Lipinski definition) is 3. The molecule has 0 radical (unpaired) electrons. The largest absolute Gasteiger partial charge is 0.453 e. The van der Waals surface area contributed by atoms with Crippen LogP contribution in [-0.2, 0) is 4.74 Å². The Morgan fingerprint density at radius 1 is 1.39 bits per heavy atom. The van der Waals surface area contributed by atoms with Crippen LogP contribution >= 0.6 is 24.0 Å². The molecule has 2 aliphatic rings. The van der Waals surface area contributed by atoms with Crippen molar-refractivity contribution in [2.24, 2.45) is 4.99 Å². The molecular weight excluding hydrogens is 411 g/mol. The summed E-state index contributed by atoms with van der Waals surface area (Å²) < 4.78 is 4.74. The van der Waals surface area contributed by atoms with Crippen LogP contribution in [0.25, 0.3) is 0 Å². The Bertz CT molecular complexity index is 408. The van der Waals surface area contributed by atoms with Crippen LogP contribution in [0.1, 0.15) is 39.0 Å². The second-order valence-corrected chi connectivity index (χ2v) is 6.15. The summed E-state index contributed by atoms with van der Waals surface area (Å²) in [6.45, 7) is 4.63. The van der Waals surface area contributed by atoms with E-state index in [-0.39, 0.29) is 36.1 Å². The summed E-state index contributed by atoms with van der Waals surface area (Å²) in [5.74, 6) is 0.749. The van der Waals surface area contributed by atoms with Crippen molar-refractivity contribution in [1.29, 1.82) is 0 Å². The van der Waals surface area contributed by atoms with Crippen molar-refractivity contribution in [2.45, 2.75) is 50.7 Å². The summed E-state index contributed by atoms with van der Waals surface area (Å²) in [6.07, 6.45) is 4.24. The molecule has 1 saturated heterocycles. The van der Waals surface area contributed by atoms with Crippen LogP contribution in [0.3, 0.4) is 0 Å². The molecule has 1 aliphatic heterocycles. The third kappa shape index (κ3) is 5.98. The number of methoxy groups -OCH3 is 1. The average molecular weight is 440 g/mol. The van der Waals surface area contributed by atoms with Crippen molar-refractivity contribution in [3.05, 3.63) is 0 Å². The van der Waals surface area contributed by atoms with Crippen molar-refractivity contribution in [1.82, 2.24) is 15.5 Å². The molecule has 8 heteroatoms. The van der Waals surface area contributed by atoms with Crippen molar-refractivity contribution in [2.75, 3.05) is 33.3 Å². The first-order chi connectivity index (χ1) is 10.6. The molecule has 0 aromatic heterocycles. The first kappa shape index (κ1) is 20.3. The lowest BCUT2D eigenvalue weighted by Gasteiger charge is -2.35. The Morgan fingerprint density at radius 2 is 2.04 bits per heavy atom. The van der Waals surface area contributed by atoms with Gasteiger partial charge in [0.25, 0.3) is 0 Å². The van der Waals surface area contributed by atoms with Gasteiger partial charge < -0.3 is 25.4 Å². The number of ether oxygens (including phenoxy) is 1. The van der Waals surface area contributed by atoms with E-state index in [2.05, 4.69) is 15.6 Å². The molecule has 2 fully saturated rings. The van der Waals surface area contributed by atoms with E-state index in [9.17, 15) is 9.90 Å². The van der Waals surface area contributed by atoms with E-state index in [4.69, 9.17) is 4.74 Å². The number of aliphatic imine (C=N–C) groups is 1. The number of rotatable bonds is 4. The molecule has 0 aromatic rings. The molecule has 1 heterocycles. The number of likely N-dealkylation sites (tertiary alicyclic amines) is 1. The van der Waals surface area contributed by atoms with E-state index in [1.165, 1.54) is 7.11 Å². The monoisotopic (exact) mass is 440 g/mol. The SMILES string of the molecule is CCNC(=NCC1(O)CCC1)NC1CCN(C(=O)OC)CC1.I. The Balaban J connectivity index is 0.00000264. The standard InChI is InChI=1S/C15H28N4O3.HI/c1-3-16-13(17-11-15(21)7-4-8-15)18-12-5-9-19(10-6-12)14(20)22-2;/h12,21H,3-11H2,1-2H3,(H2,16,17,18);1H. The van der Waals surface area contributed by atoms with Gasteiger partial charge in [-0.3, -0.25) is 4.99 Å². The van der Waals surface area contributed by atoms with Gasteiger partial charge in [-0.15, -0.1) is 24.0 Å². The van der Waals surface area contributed by atoms with Crippen molar-refractivity contribution in [3.8, 4) is 0 Å². The highest BCUT2D eigenvalue weighted by atomic mass is 127. The van der Waals surface area contributed by atoms with E-state index in [1.54, 1.807) is 4.90 Å². The number of carbonyl (C=O) groups excluding carboxylic acids is 1. The van der Waals surface area contributed by atoms with Gasteiger partial charge in [-0.2, -0.15) is 0 Å². The highest BCUT2D eigenvalue weighted by molar-refractivity contribution is 14.0. The fourth-order valence-corrected chi connectivity index (χ4v) is 2.82. The highest BCUT2D eigenvalue weighted by Gasteiger charge is 2.34. The van der Waals surface area contributed by atoms with Gasteiger partial charge in [0.15, 0.2) is 5.96 Å². The minimum Gasteiger partial charge on any atom is -0.453 e. The Labute approximate surface area is 155 Å². The summed E-state index contributed by atoms with van der Waals surface area (Å²) in [4.78, 5) is 17.7. The molecule has 0 unspecified atom stereocenters. The quantitative estimate of drug-likeness (QED) is 0.349. The number of piperidine rings is 1. The Hall–Kier alpha value is -0.770. The number of guanidine groups is 1. The number of carbonyl (C=O) groups is 1. The Kier molecular flexibility index (Phi) is 8.38. The lowest BCUT2D eigenvalue weighted by Crippen LogP contribution is -2.50. The zero-order valence-electron chi connectivity index (χ0n) is 14.0. The van der Waals surface area contributed by atoms with Crippen LogP contribution in [0.2, 0.25) is 0 Å². The van der Waals surface area contributed by atoms with Gasteiger partial charge in [0.2, 0.25) is 0 Å². The molecule has 0 spiro atoms. The molecular formula is C15H29IN4O3. The Morgan fingerprint density at radius 3 is 2.52 bits per heavy atom. The van der Waals surface area contributed by atoms with Gasteiger partial charge in [-0.25, -0.2) is 4.79 Å². The highest BCUT2D eigenvalue weighted by Crippen LogP contribution is 2.31. The predicted molar refractivity (Wildman–Crippen MR) is 100 cm³/mol. The van der Waals surface area contributed by atoms with E-state index in [1.807, 2.05) is 6.92 Å². The lowest BCUT2D eigenvalue weighted by atomic mass is 9.80. The number of nitrogens with zero attached hydrogens (tertiary/aromatic N) is 2. The number of hydrogen-bond acceptors (Lipinski definition) is 4. The third-order valence-electron chi connectivity index (χ3n) is 4.43.